The van der Waals surface area contributed by atoms with Crippen LogP contribution in [0.3, 0.4) is 0 Å². The maximum atomic E-state index is 5.46. The summed E-state index contributed by atoms with van der Waals surface area (Å²) in [7, 11) is 2.04. The van der Waals surface area contributed by atoms with Crippen LogP contribution in [0.2, 0.25) is 0 Å². The van der Waals surface area contributed by atoms with Gasteiger partial charge in [-0.05, 0) is 37.2 Å². The minimum atomic E-state index is 0.372. The van der Waals surface area contributed by atoms with E-state index in [0.717, 1.165) is 25.4 Å². The first-order chi connectivity index (χ1) is 10.2. The van der Waals surface area contributed by atoms with E-state index in [2.05, 4.69) is 54.4 Å². The van der Waals surface area contributed by atoms with Gasteiger partial charge >= 0.3 is 0 Å². The smallest absolute Gasteiger partial charge is 0.117 e. The van der Waals surface area contributed by atoms with Crippen molar-refractivity contribution in [1.82, 2.24) is 10.2 Å². The number of nitrogens with zero attached hydrogens (tertiary/aromatic N) is 1. The Hall–Kier alpha value is -1.58. The molecule has 0 amide bonds. The Labute approximate surface area is 128 Å². The molecule has 0 fully saturated rings. The van der Waals surface area contributed by atoms with Gasteiger partial charge in [-0.2, -0.15) is 0 Å². The van der Waals surface area contributed by atoms with Crippen LogP contribution in [0.1, 0.15) is 31.2 Å². The fourth-order valence-corrected chi connectivity index (χ4v) is 2.88. The second-order valence-corrected chi connectivity index (χ2v) is 5.56. The third kappa shape index (κ3) is 4.45. The normalized spacial score (nSPS) is 14.3. The van der Waals surface area contributed by atoms with E-state index in [1.54, 1.807) is 6.26 Å². The van der Waals surface area contributed by atoms with Gasteiger partial charge < -0.3 is 9.73 Å². The maximum absolute atomic E-state index is 5.46. The van der Waals surface area contributed by atoms with E-state index >= 15 is 0 Å². The predicted octanol–water partition coefficient (Wildman–Crippen LogP) is 3.70. The zero-order chi connectivity index (χ0) is 15.1. The topological polar surface area (TPSA) is 28.4 Å². The molecule has 0 bridgehead atoms. The summed E-state index contributed by atoms with van der Waals surface area (Å²) < 4.78 is 5.46. The molecule has 2 aromatic rings. The van der Waals surface area contributed by atoms with Crippen molar-refractivity contribution in [1.29, 1.82) is 0 Å². The van der Waals surface area contributed by atoms with Crippen LogP contribution in [0.4, 0.5) is 0 Å². The van der Waals surface area contributed by atoms with Gasteiger partial charge in [0.05, 0.1) is 12.8 Å². The summed E-state index contributed by atoms with van der Waals surface area (Å²) in [6, 6.07) is 15.0. The summed E-state index contributed by atoms with van der Waals surface area (Å²) in [6.45, 7) is 7.44. The summed E-state index contributed by atoms with van der Waals surface area (Å²) in [5.74, 6) is 1.55. The van der Waals surface area contributed by atoms with Crippen molar-refractivity contribution in [2.24, 2.45) is 5.92 Å². The van der Waals surface area contributed by atoms with Gasteiger partial charge in [0, 0.05) is 12.6 Å². The van der Waals surface area contributed by atoms with Gasteiger partial charge in [0.1, 0.15) is 5.76 Å². The third-order valence-corrected chi connectivity index (χ3v) is 3.99. The first-order valence-corrected chi connectivity index (χ1v) is 7.71. The van der Waals surface area contributed by atoms with Crippen molar-refractivity contribution >= 4 is 0 Å². The second-order valence-electron chi connectivity index (χ2n) is 5.56. The Morgan fingerprint density at radius 1 is 1.14 bits per heavy atom. The van der Waals surface area contributed by atoms with Gasteiger partial charge in [-0.1, -0.05) is 44.2 Å². The molecule has 1 aromatic carbocycles. The standard InChI is InChI=1S/C18H26N2O/c1-4-20(14-17-11-8-12-21-17)13-15(2)18(19-3)16-9-6-5-7-10-16/h5-12,15,18-19H,4,13-14H2,1-3H3. The lowest BCUT2D eigenvalue weighted by molar-refractivity contribution is 0.202. The summed E-state index contributed by atoms with van der Waals surface area (Å²) in [5, 5.41) is 3.46. The van der Waals surface area contributed by atoms with Gasteiger partial charge in [0.15, 0.2) is 0 Å². The van der Waals surface area contributed by atoms with E-state index in [1.165, 1.54) is 5.56 Å². The molecule has 21 heavy (non-hydrogen) atoms. The van der Waals surface area contributed by atoms with Crippen LogP contribution in [0, 0.1) is 5.92 Å². The van der Waals surface area contributed by atoms with Gasteiger partial charge in [-0.25, -0.2) is 0 Å². The SMILES string of the molecule is CCN(Cc1ccco1)CC(C)C(NC)c1ccccc1. The van der Waals surface area contributed by atoms with E-state index < -0.39 is 0 Å². The van der Waals surface area contributed by atoms with E-state index in [-0.39, 0.29) is 0 Å². The fourth-order valence-electron chi connectivity index (χ4n) is 2.88. The molecule has 0 aliphatic heterocycles. The van der Waals surface area contributed by atoms with Crippen molar-refractivity contribution < 1.29 is 4.42 Å². The molecule has 2 atom stereocenters. The Bertz CT molecular complexity index is 495. The largest absolute Gasteiger partial charge is 0.468 e. The molecule has 2 unspecified atom stereocenters. The van der Waals surface area contributed by atoms with Gasteiger partial charge in [0.2, 0.25) is 0 Å². The third-order valence-electron chi connectivity index (χ3n) is 3.99. The van der Waals surface area contributed by atoms with E-state index in [4.69, 9.17) is 4.42 Å². The molecule has 0 aliphatic rings. The Morgan fingerprint density at radius 2 is 1.90 bits per heavy atom. The maximum Gasteiger partial charge on any atom is 0.117 e. The van der Waals surface area contributed by atoms with E-state index in [0.29, 0.717) is 12.0 Å². The first kappa shape index (κ1) is 15.8. The molecule has 3 heteroatoms. The zero-order valence-electron chi connectivity index (χ0n) is 13.3. The zero-order valence-corrected chi connectivity index (χ0v) is 13.3. The average molecular weight is 286 g/mol. The van der Waals surface area contributed by atoms with E-state index in [9.17, 15) is 0 Å². The van der Waals surface area contributed by atoms with Crippen molar-refractivity contribution in [3.05, 3.63) is 60.1 Å². The summed E-state index contributed by atoms with van der Waals surface area (Å²) in [5.41, 5.74) is 1.35. The molecule has 0 radical (unpaired) electrons. The van der Waals surface area contributed by atoms with Crippen molar-refractivity contribution in [3.63, 3.8) is 0 Å². The summed E-state index contributed by atoms with van der Waals surface area (Å²) >= 11 is 0. The summed E-state index contributed by atoms with van der Waals surface area (Å²) in [6.07, 6.45) is 1.74. The van der Waals surface area contributed by atoms with Crippen LogP contribution >= 0.6 is 0 Å². The highest BCUT2D eigenvalue weighted by Gasteiger charge is 2.20. The van der Waals surface area contributed by atoms with Crippen molar-refractivity contribution in [2.45, 2.75) is 26.4 Å². The highest BCUT2D eigenvalue weighted by Crippen LogP contribution is 2.22. The van der Waals surface area contributed by atoms with Crippen LogP contribution in [0.25, 0.3) is 0 Å². The van der Waals surface area contributed by atoms with Crippen LogP contribution in [-0.2, 0) is 6.54 Å². The quantitative estimate of drug-likeness (QED) is 0.802. The molecule has 114 valence electrons. The van der Waals surface area contributed by atoms with E-state index in [1.807, 2.05) is 19.2 Å². The molecule has 0 spiro atoms. The van der Waals surface area contributed by atoms with Crippen molar-refractivity contribution in [3.8, 4) is 0 Å². The van der Waals surface area contributed by atoms with Gasteiger partial charge in [-0.3, -0.25) is 4.90 Å². The highest BCUT2D eigenvalue weighted by molar-refractivity contribution is 5.19. The summed E-state index contributed by atoms with van der Waals surface area (Å²) in [4.78, 5) is 2.43. The first-order valence-electron chi connectivity index (χ1n) is 7.71. The molecule has 2 rings (SSSR count). The average Bonchev–Trinajstić information content (AvgIpc) is 3.01. The molecular weight excluding hydrogens is 260 g/mol. The van der Waals surface area contributed by atoms with Crippen molar-refractivity contribution in [2.75, 3.05) is 20.1 Å². The van der Waals surface area contributed by atoms with Gasteiger partial charge in [0.25, 0.3) is 0 Å². The lowest BCUT2D eigenvalue weighted by Gasteiger charge is -2.29. The number of benzene rings is 1. The molecule has 1 heterocycles. The number of furan rings is 1. The number of nitrogens with one attached hydrogen (secondary N) is 1. The minimum absolute atomic E-state index is 0.372. The molecule has 0 aliphatic carbocycles. The number of rotatable bonds is 8. The lowest BCUT2D eigenvalue weighted by atomic mass is 9.94. The second kappa shape index (κ2) is 8.01. The Balaban J connectivity index is 1.98. The molecular formula is C18H26N2O. The van der Waals surface area contributed by atoms with Crippen LogP contribution in [0.15, 0.2) is 53.1 Å². The number of hydrogen-bond acceptors (Lipinski definition) is 3. The Kier molecular flexibility index (Phi) is 6.03. The van der Waals surface area contributed by atoms with Crippen LogP contribution in [-0.4, -0.2) is 25.0 Å². The minimum Gasteiger partial charge on any atom is -0.468 e. The van der Waals surface area contributed by atoms with Gasteiger partial charge in [-0.15, -0.1) is 0 Å². The van der Waals surface area contributed by atoms with Crippen LogP contribution in [0.5, 0.6) is 0 Å². The molecule has 1 aromatic heterocycles. The molecule has 0 saturated heterocycles. The van der Waals surface area contributed by atoms with Crippen LogP contribution < -0.4 is 5.32 Å². The molecule has 1 N–H and O–H groups in total. The predicted molar refractivity (Wildman–Crippen MR) is 87.1 cm³/mol. The lowest BCUT2D eigenvalue weighted by Crippen LogP contribution is -2.34. The highest BCUT2D eigenvalue weighted by atomic mass is 16.3. The number of hydrogen-bond donors (Lipinski definition) is 1. The fraction of sp³-hybridized carbons (Fsp3) is 0.444. The Morgan fingerprint density at radius 3 is 2.48 bits per heavy atom. The molecule has 0 saturated carbocycles. The molecule has 3 nitrogen and oxygen atoms in total. The monoisotopic (exact) mass is 286 g/mol.